The molecule has 0 saturated carbocycles. The maximum Gasteiger partial charge on any atom is 0.216 e. The normalized spacial score (nSPS) is 12.7. The maximum atomic E-state index is 4.04. The van der Waals surface area contributed by atoms with Crippen LogP contribution >= 0.6 is 0 Å². The van der Waals surface area contributed by atoms with E-state index < -0.39 is 0 Å². The van der Waals surface area contributed by atoms with E-state index in [1.807, 2.05) is 0 Å². The van der Waals surface area contributed by atoms with Crippen molar-refractivity contribution in [2.75, 3.05) is 0 Å². The number of aromatic nitrogens is 8. The maximum absolute atomic E-state index is 4.04. The second-order valence-electron chi connectivity index (χ2n) is 17.2. The zero-order valence-electron chi connectivity index (χ0n) is 38.1. The summed E-state index contributed by atoms with van der Waals surface area (Å²) in [5.74, 6) is 0. The molecule has 324 valence electrons. The van der Waals surface area contributed by atoms with Crippen LogP contribution in [-0.2, 0) is 26.2 Å². The third-order valence-corrected chi connectivity index (χ3v) is 12.7. The van der Waals surface area contributed by atoms with Crippen molar-refractivity contribution >= 4 is 22.3 Å². The number of H-pyrrole nitrogens is 4. The Balaban J connectivity index is 1.43. The minimum Gasteiger partial charge on any atom is -0.354 e. The molecule has 8 heteroatoms. The Kier molecular flexibility index (Phi) is 13.1. The lowest BCUT2D eigenvalue weighted by Crippen LogP contribution is -2.40. The van der Waals surface area contributed by atoms with E-state index in [9.17, 15) is 0 Å². The van der Waals surface area contributed by atoms with Gasteiger partial charge in [-0.05, 0) is 72.8 Å². The molecule has 0 fully saturated rings. The van der Waals surface area contributed by atoms with Gasteiger partial charge in [-0.2, -0.15) is 18.3 Å². The number of rotatable bonds is 16. The van der Waals surface area contributed by atoms with E-state index in [-0.39, 0.29) is 0 Å². The fourth-order valence-corrected chi connectivity index (χ4v) is 9.34. The minimum absolute atomic E-state index is 0.935. The summed E-state index contributed by atoms with van der Waals surface area (Å²) in [7, 11) is 0. The van der Waals surface area contributed by atoms with Crippen LogP contribution in [-0.4, -0.2) is 19.9 Å². The van der Waals surface area contributed by atoms with E-state index in [0.29, 0.717) is 0 Å². The molecule has 0 unspecified atom stereocenters. The SMILES string of the molecule is CCCC[n+]1ccccc1C1=c2ccc([nH]2)=C(c2cccc[n+]2CCCC)c2ccc([nH]2)C(c2cccc[n+]2CCCC)=c2ccc([nH]2)=C(c2cccc[n+]2CCCC)c2ccc1[nH]2. The van der Waals surface area contributed by atoms with Crippen LogP contribution in [0.1, 0.15) is 125 Å². The highest BCUT2D eigenvalue weighted by Crippen LogP contribution is 2.26. The van der Waals surface area contributed by atoms with Gasteiger partial charge in [-0.15, -0.1) is 0 Å². The van der Waals surface area contributed by atoms with Gasteiger partial charge in [-0.3, -0.25) is 0 Å². The van der Waals surface area contributed by atoms with Crippen LogP contribution in [0.25, 0.3) is 22.3 Å². The molecule has 1 aliphatic rings. The first kappa shape index (κ1) is 42.5. The summed E-state index contributed by atoms with van der Waals surface area (Å²) >= 11 is 0. The van der Waals surface area contributed by atoms with Crippen molar-refractivity contribution in [2.24, 2.45) is 0 Å². The molecule has 1 aliphatic heterocycles. The van der Waals surface area contributed by atoms with Gasteiger partial charge in [0.2, 0.25) is 22.8 Å². The van der Waals surface area contributed by atoms with Crippen molar-refractivity contribution < 1.29 is 18.3 Å². The van der Waals surface area contributed by atoms with Gasteiger partial charge in [0.15, 0.2) is 24.8 Å². The summed E-state index contributed by atoms with van der Waals surface area (Å²) in [5, 5.41) is 4.23. The summed E-state index contributed by atoms with van der Waals surface area (Å²) in [5.41, 5.74) is 13.4. The van der Waals surface area contributed by atoms with Gasteiger partial charge in [-0.25, -0.2) is 0 Å². The lowest BCUT2D eigenvalue weighted by Gasteiger charge is -2.09. The lowest BCUT2D eigenvalue weighted by atomic mass is 10.1. The Hall–Kier alpha value is -6.80. The van der Waals surface area contributed by atoms with Crippen LogP contribution in [0, 0.1) is 0 Å². The molecule has 0 aliphatic carbocycles. The molecule has 0 amide bonds. The van der Waals surface area contributed by atoms with Crippen molar-refractivity contribution in [3.8, 4) is 0 Å². The van der Waals surface area contributed by atoms with Gasteiger partial charge < -0.3 is 19.9 Å². The van der Waals surface area contributed by atoms with Gasteiger partial charge >= 0.3 is 0 Å². The van der Waals surface area contributed by atoms with Gasteiger partial charge in [0, 0.05) is 74.2 Å². The molecule has 0 atom stereocenters. The molecule has 8 nitrogen and oxygen atoms in total. The van der Waals surface area contributed by atoms with Gasteiger partial charge in [0.05, 0.1) is 66.5 Å². The van der Waals surface area contributed by atoms with Gasteiger partial charge in [-0.1, -0.05) is 53.4 Å². The van der Waals surface area contributed by atoms with Crippen LogP contribution in [0.15, 0.2) is 146 Å². The van der Waals surface area contributed by atoms with Crippen LogP contribution in [0.2, 0.25) is 0 Å². The average Bonchev–Trinajstić information content (AvgIpc) is 4.19. The van der Waals surface area contributed by atoms with E-state index in [1.165, 1.54) is 22.8 Å². The third kappa shape index (κ3) is 8.61. The van der Waals surface area contributed by atoms with Crippen LogP contribution in [0.3, 0.4) is 0 Å². The van der Waals surface area contributed by atoms with Crippen molar-refractivity contribution in [3.05, 3.63) is 213 Å². The van der Waals surface area contributed by atoms with Crippen molar-refractivity contribution in [1.82, 2.24) is 19.9 Å². The van der Waals surface area contributed by atoms with E-state index >= 15 is 0 Å². The first-order chi connectivity index (χ1) is 31.6. The number of pyridine rings is 4. The number of hydrogen-bond donors (Lipinski definition) is 4. The third-order valence-electron chi connectivity index (χ3n) is 12.7. The summed E-state index contributed by atoms with van der Waals surface area (Å²) in [4.78, 5) is 16.2. The van der Waals surface area contributed by atoms with Crippen molar-refractivity contribution in [2.45, 2.75) is 105 Å². The smallest absolute Gasteiger partial charge is 0.216 e. The topological polar surface area (TPSA) is 78.7 Å². The van der Waals surface area contributed by atoms with Crippen LogP contribution < -0.4 is 39.7 Å². The second-order valence-corrected chi connectivity index (χ2v) is 17.2. The molecule has 4 N–H and O–H groups in total. The number of hydrogen-bond acceptors (Lipinski definition) is 0. The van der Waals surface area contributed by atoms with Crippen molar-refractivity contribution in [1.29, 1.82) is 0 Å². The predicted molar refractivity (Wildman–Crippen MR) is 254 cm³/mol. The largest absolute Gasteiger partial charge is 0.354 e. The fourth-order valence-electron chi connectivity index (χ4n) is 9.34. The molecular weight excluding hydrogens is 785 g/mol. The second kappa shape index (κ2) is 19.7. The predicted octanol–water partition coefficient (Wildman–Crippen LogP) is 6.65. The van der Waals surface area contributed by atoms with Gasteiger partial charge in [0.25, 0.3) is 0 Å². The van der Waals surface area contributed by atoms with E-state index in [1.54, 1.807) is 0 Å². The number of aryl methyl sites for hydroxylation is 4. The van der Waals surface area contributed by atoms with Gasteiger partial charge in [0.1, 0.15) is 26.2 Å². The molecule has 0 spiro atoms. The number of fused-ring (bicyclic) bond motifs is 8. The highest BCUT2D eigenvalue weighted by Gasteiger charge is 2.27. The highest BCUT2D eigenvalue weighted by atomic mass is 15.0. The molecule has 9 heterocycles. The molecule has 0 aromatic carbocycles. The molecule has 8 aromatic rings. The zero-order chi connectivity index (χ0) is 43.8. The minimum atomic E-state index is 0.935. The Morgan fingerprint density at radius 3 is 0.781 bits per heavy atom. The molecular formula is C56H64N8+4. The zero-order valence-corrected chi connectivity index (χ0v) is 38.1. The quantitative estimate of drug-likeness (QED) is 0.0787. The van der Waals surface area contributed by atoms with E-state index in [2.05, 4.69) is 212 Å². The molecule has 64 heavy (non-hydrogen) atoms. The Bertz CT molecular complexity index is 2720. The first-order valence-corrected chi connectivity index (χ1v) is 23.8. The Labute approximate surface area is 377 Å². The average molecular weight is 849 g/mol. The van der Waals surface area contributed by atoms with Crippen molar-refractivity contribution in [3.63, 3.8) is 0 Å². The summed E-state index contributed by atoms with van der Waals surface area (Å²) in [6.07, 6.45) is 17.8. The molecule has 0 saturated heterocycles. The van der Waals surface area contributed by atoms with E-state index in [4.69, 9.17) is 0 Å². The molecule has 0 radical (unpaired) electrons. The Morgan fingerprint density at radius 1 is 0.297 bits per heavy atom. The standard InChI is InChI=1S/C56H62N8/c1-5-9-33-61-37-17-13-21-49(61)53-41-25-27-43(57-41)54(50-22-14-18-38-62(50)34-10-6-2)45-29-31-47(59-45)56(52-24-16-20-40-64(52)36-12-8-4)48-32-30-46(60-48)55(44-28-26-42(53)58-44)51-23-15-19-39-63(51)35-11-7-3/h13-32,37-40H,5-12,33-36H2,1-4H3,(H2,57,58,59,60)/q+2/p+2. The monoisotopic (exact) mass is 849 g/mol. The fraction of sp³-hybridized carbons (Fsp3) is 0.286. The van der Waals surface area contributed by atoms with Crippen LogP contribution in [0.4, 0.5) is 0 Å². The van der Waals surface area contributed by atoms with E-state index in [0.717, 1.165) is 144 Å². The number of nitrogens with one attached hydrogen (secondary N) is 4. The molecule has 8 bridgehead atoms. The Morgan fingerprint density at radius 2 is 0.547 bits per heavy atom. The first-order valence-electron chi connectivity index (χ1n) is 23.8. The summed E-state index contributed by atoms with van der Waals surface area (Å²) in [6.45, 7) is 12.8. The molecule has 9 rings (SSSR count). The lowest BCUT2D eigenvalue weighted by molar-refractivity contribution is -0.699. The number of unbranched alkanes of at least 4 members (excludes halogenated alkanes) is 4. The summed E-state index contributed by atoms with van der Waals surface area (Å²) in [6, 6.07) is 44.6. The van der Waals surface area contributed by atoms with Crippen LogP contribution in [0.5, 0.6) is 0 Å². The molecule has 8 aromatic heterocycles. The number of nitrogens with zero attached hydrogens (tertiary/aromatic N) is 4. The summed E-state index contributed by atoms with van der Waals surface area (Å²) < 4.78 is 9.67. The number of aromatic amines is 4. The highest BCUT2D eigenvalue weighted by molar-refractivity contribution is 5.81.